The lowest BCUT2D eigenvalue weighted by Gasteiger charge is -2.01. The van der Waals surface area contributed by atoms with Crippen molar-refractivity contribution in [3.8, 4) is 0 Å². The lowest BCUT2D eigenvalue weighted by molar-refractivity contribution is 0.0946. The minimum Gasteiger partial charge on any atom is -0.345 e. The van der Waals surface area contributed by atoms with E-state index in [1.54, 1.807) is 23.7 Å². The zero-order valence-corrected chi connectivity index (χ0v) is 10.5. The molecule has 7 heteroatoms. The zero-order chi connectivity index (χ0) is 12.8. The second-order valence-electron chi connectivity index (χ2n) is 3.56. The molecule has 0 aliphatic rings. The van der Waals surface area contributed by atoms with Crippen molar-refractivity contribution in [2.45, 2.75) is 20.4 Å². The molecule has 0 atom stereocenters. The molecule has 3 N–H and O–H groups in total. The maximum absolute atomic E-state index is 11.8. The van der Waals surface area contributed by atoms with Gasteiger partial charge < -0.3 is 11.1 Å². The summed E-state index contributed by atoms with van der Waals surface area (Å²) in [5.74, 6) is -0.208. The van der Waals surface area contributed by atoms with E-state index in [-0.39, 0.29) is 13.3 Å². The Morgan fingerprint density at radius 1 is 1.47 bits per heavy atom. The van der Waals surface area contributed by atoms with Crippen LogP contribution < -0.4 is 11.1 Å². The SMILES string of the molecule is C.NCCc1nc(C(=O)NCc2cccnn2)cs1. The summed E-state index contributed by atoms with van der Waals surface area (Å²) in [6.45, 7) is 0.880. The minimum atomic E-state index is -0.208. The molecule has 0 aromatic carbocycles. The number of hydrogen-bond donors (Lipinski definition) is 2. The highest BCUT2D eigenvalue weighted by Gasteiger charge is 2.10. The van der Waals surface area contributed by atoms with Gasteiger partial charge in [-0.25, -0.2) is 4.98 Å². The van der Waals surface area contributed by atoms with Crippen LogP contribution in [0, 0.1) is 0 Å². The standard InChI is InChI=1S/C11H13N5OS.CH4/c12-4-3-10-15-9(7-18-10)11(17)13-6-8-2-1-5-14-16-8;/h1-2,5,7H,3-4,6,12H2,(H,13,17);1H4. The van der Waals surface area contributed by atoms with Gasteiger partial charge in [-0.05, 0) is 18.7 Å². The third kappa shape index (κ3) is 4.38. The number of amides is 1. The number of rotatable bonds is 5. The van der Waals surface area contributed by atoms with E-state index in [0.717, 1.165) is 5.01 Å². The van der Waals surface area contributed by atoms with Crippen molar-refractivity contribution >= 4 is 17.2 Å². The van der Waals surface area contributed by atoms with Crippen molar-refractivity contribution in [3.63, 3.8) is 0 Å². The summed E-state index contributed by atoms with van der Waals surface area (Å²) in [6, 6.07) is 3.57. The lowest BCUT2D eigenvalue weighted by Crippen LogP contribution is -2.23. The van der Waals surface area contributed by atoms with E-state index in [1.807, 2.05) is 0 Å². The molecule has 0 unspecified atom stereocenters. The molecule has 0 radical (unpaired) electrons. The van der Waals surface area contributed by atoms with Gasteiger partial charge in [0.25, 0.3) is 5.91 Å². The lowest BCUT2D eigenvalue weighted by atomic mass is 10.3. The summed E-state index contributed by atoms with van der Waals surface area (Å²) in [6.07, 6.45) is 2.28. The Morgan fingerprint density at radius 3 is 3.00 bits per heavy atom. The van der Waals surface area contributed by atoms with Crippen LogP contribution in [0.4, 0.5) is 0 Å². The molecule has 102 valence electrons. The number of carbonyl (C=O) groups is 1. The van der Waals surface area contributed by atoms with Crippen LogP contribution in [0.5, 0.6) is 0 Å². The summed E-state index contributed by atoms with van der Waals surface area (Å²) >= 11 is 1.44. The average molecular weight is 279 g/mol. The number of nitrogens with one attached hydrogen (secondary N) is 1. The van der Waals surface area contributed by atoms with E-state index in [2.05, 4.69) is 20.5 Å². The summed E-state index contributed by atoms with van der Waals surface area (Å²) in [5.41, 5.74) is 6.57. The molecule has 0 bridgehead atoms. The fourth-order valence-electron chi connectivity index (χ4n) is 1.34. The largest absolute Gasteiger partial charge is 0.345 e. The van der Waals surface area contributed by atoms with Gasteiger partial charge in [-0.2, -0.15) is 10.2 Å². The molecule has 0 fully saturated rings. The average Bonchev–Trinajstić information content (AvgIpc) is 2.86. The van der Waals surface area contributed by atoms with Gasteiger partial charge in [0.2, 0.25) is 0 Å². The Morgan fingerprint density at radius 2 is 2.32 bits per heavy atom. The Kier molecular flexibility index (Phi) is 6.04. The Labute approximate surface area is 116 Å². The van der Waals surface area contributed by atoms with Gasteiger partial charge in [-0.1, -0.05) is 7.43 Å². The highest BCUT2D eigenvalue weighted by Crippen LogP contribution is 2.09. The molecule has 2 heterocycles. The summed E-state index contributed by atoms with van der Waals surface area (Å²) in [7, 11) is 0. The second-order valence-corrected chi connectivity index (χ2v) is 4.51. The number of hydrogen-bond acceptors (Lipinski definition) is 6. The molecule has 1 amide bonds. The molecule has 0 aliphatic carbocycles. The number of thiazole rings is 1. The van der Waals surface area contributed by atoms with Crippen LogP contribution in [-0.2, 0) is 13.0 Å². The molecule has 2 aromatic heterocycles. The van der Waals surface area contributed by atoms with E-state index in [4.69, 9.17) is 5.73 Å². The highest BCUT2D eigenvalue weighted by molar-refractivity contribution is 7.09. The van der Waals surface area contributed by atoms with Gasteiger partial charge in [0.15, 0.2) is 0 Å². The highest BCUT2D eigenvalue weighted by atomic mass is 32.1. The first-order chi connectivity index (χ1) is 8.79. The fraction of sp³-hybridized carbons (Fsp3) is 0.333. The van der Waals surface area contributed by atoms with Crippen molar-refractivity contribution in [2.75, 3.05) is 6.54 Å². The van der Waals surface area contributed by atoms with Crippen LogP contribution in [0.15, 0.2) is 23.7 Å². The molecular formula is C12H17N5OS. The molecule has 6 nitrogen and oxygen atoms in total. The predicted octanol–water partition coefficient (Wildman–Crippen LogP) is 1.00. The van der Waals surface area contributed by atoms with E-state index in [9.17, 15) is 4.79 Å². The van der Waals surface area contributed by atoms with Crippen LogP contribution in [0.3, 0.4) is 0 Å². The van der Waals surface area contributed by atoms with E-state index in [1.165, 1.54) is 11.3 Å². The summed E-state index contributed by atoms with van der Waals surface area (Å²) in [4.78, 5) is 16.0. The van der Waals surface area contributed by atoms with Crippen LogP contribution in [0.25, 0.3) is 0 Å². The van der Waals surface area contributed by atoms with Crippen LogP contribution >= 0.6 is 11.3 Å². The monoisotopic (exact) mass is 279 g/mol. The van der Waals surface area contributed by atoms with Crippen molar-refractivity contribution in [1.82, 2.24) is 20.5 Å². The van der Waals surface area contributed by atoms with Gasteiger partial charge >= 0.3 is 0 Å². The van der Waals surface area contributed by atoms with Crippen molar-refractivity contribution in [3.05, 3.63) is 40.1 Å². The van der Waals surface area contributed by atoms with Crippen molar-refractivity contribution in [1.29, 1.82) is 0 Å². The van der Waals surface area contributed by atoms with Gasteiger partial charge in [-0.15, -0.1) is 11.3 Å². The maximum atomic E-state index is 11.8. The van der Waals surface area contributed by atoms with Crippen molar-refractivity contribution < 1.29 is 4.79 Å². The van der Waals surface area contributed by atoms with Gasteiger partial charge in [0, 0.05) is 18.0 Å². The first kappa shape index (κ1) is 15.2. The maximum Gasteiger partial charge on any atom is 0.271 e. The number of carbonyl (C=O) groups excluding carboxylic acids is 1. The molecule has 0 saturated carbocycles. The number of nitrogens with zero attached hydrogens (tertiary/aromatic N) is 3. The van der Waals surface area contributed by atoms with Crippen LogP contribution in [0.2, 0.25) is 0 Å². The van der Waals surface area contributed by atoms with Gasteiger partial charge in [-0.3, -0.25) is 4.79 Å². The molecule has 19 heavy (non-hydrogen) atoms. The van der Waals surface area contributed by atoms with Crippen LogP contribution in [-0.4, -0.2) is 27.6 Å². The summed E-state index contributed by atoms with van der Waals surface area (Å²) in [5, 5.41) is 13.0. The third-order valence-electron chi connectivity index (χ3n) is 2.20. The number of aromatic nitrogens is 3. The number of nitrogens with two attached hydrogens (primary N) is 1. The third-order valence-corrected chi connectivity index (χ3v) is 3.11. The topological polar surface area (TPSA) is 93.8 Å². The fourth-order valence-corrected chi connectivity index (χ4v) is 2.14. The molecule has 0 aliphatic heterocycles. The molecule has 0 spiro atoms. The van der Waals surface area contributed by atoms with Crippen molar-refractivity contribution in [2.24, 2.45) is 5.73 Å². The Balaban J connectivity index is 0.00000180. The normalized spacial score (nSPS) is 9.74. The second kappa shape index (κ2) is 7.55. The minimum absolute atomic E-state index is 0. The molecular weight excluding hydrogens is 262 g/mol. The molecule has 2 aromatic rings. The first-order valence-corrected chi connectivity index (χ1v) is 6.37. The smallest absolute Gasteiger partial charge is 0.271 e. The van der Waals surface area contributed by atoms with E-state index in [0.29, 0.717) is 30.9 Å². The first-order valence-electron chi connectivity index (χ1n) is 5.49. The predicted molar refractivity (Wildman–Crippen MR) is 74.8 cm³/mol. The quantitative estimate of drug-likeness (QED) is 0.851. The summed E-state index contributed by atoms with van der Waals surface area (Å²) < 4.78 is 0. The van der Waals surface area contributed by atoms with E-state index < -0.39 is 0 Å². The van der Waals surface area contributed by atoms with E-state index >= 15 is 0 Å². The Bertz CT molecular complexity index is 514. The molecule has 2 rings (SSSR count). The van der Waals surface area contributed by atoms with Gasteiger partial charge in [0.1, 0.15) is 5.69 Å². The molecule has 0 saturated heterocycles. The zero-order valence-electron chi connectivity index (χ0n) is 9.67. The van der Waals surface area contributed by atoms with Crippen LogP contribution in [0.1, 0.15) is 28.6 Å². The Hall–Kier alpha value is -1.86. The van der Waals surface area contributed by atoms with Gasteiger partial charge in [0.05, 0.1) is 17.2 Å².